The average Bonchev–Trinajstić information content (AvgIpc) is 2.00. The van der Waals surface area contributed by atoms with Crippen LogP contribution >= 0.6 is 0 Å². The Morgan fingerprint density at radius 1 is 1.13 bits per heavy atom. The second-order valence-corrected chi connectivity index (χ2v) is 4.13. The normalized spacial score (nSPS) is 17.7. The first-order valence-corrected chi connectivity index (χ1v) is 5.27. The van der Waals surface area contributed by atoms with E-state index < -0.39 is 47.5 Å². The molecule has 86 valence electrons. The molecule has 15 heavy (non-hydrogen) atoms. The standard InChI is InChI=1S/C6H10F4O3S.K/c7-2-1-4(8)6(10)5(9)3-14(11,12)13;/h4-6H,1-3H2,(H,11,12,13);/q;+1/p-1. The molecular formula is C6H9F4KO3S. The molecular weight excluding hydrogens is 267 g/mol. The predicted octanol–water partition coefficient (Wildman–Crippen LogP) is -2.09. The Hall–Kier alpha value is 1.27. The molecule has 0 aromatic heterocycles. The van der Waals surface area contributed by atoms with E-state index >= 15 is 0 Å². The van der Waals surface area contributed by atoms with Gasteiger partial charge in [-0.05, 0) is 0 Å². The van der Waals surface area contributed by atoms with Gasteiger partial charge in [-0.3, -0.25) is 4.39 Å². The zero-order valence-corrected chi connectivity index (χ0v) is 11.9. The van der Waals surface area contributed by atoms with E-state index in [9.17, 15) is 30.5 Å². The molecule has 0 heterocycles. The number of rotatable bonds is 6. The summed E-state index contributed by atoms with van der Waals surface area (Å²) in [6.07, 6.45) is -8.83. The molecule has 0 aliphatic carbocycles. The summed E-state index contributed by atoms with van der Waals surface area (Å²) in [6.45, 7) is -1.18. The molecule has 0 fully saturated rings. The van der Waals surface area contributed by atoms with Gasteiger partial charge in [0.05, 0.1) is 22.5 Å². The summed E-state index contributed by atoms with van der Waals surface area (Å²) in [5.41, 5.74) is 0. The minimum absolute atomic E-state index is 0. The predicted molar refractivity (Wildman–Crippen MR) is 39.8 cm³/mol. The van der Waals surface area contributed by atoms with Gasteiger partial charge in [0.15, 0.2) is 6.17 Å². The molecule has 0 saturated heterocycles. The molecule has 0 rings (SSSR count). The van der Waals surface area contributed by atoms with Crippen molar-refractivity contribution in [1.29, 1.82) is 0 Å². The molecule has 0 saturated carbocycles. The van der Waals surface area contributed by atoms with Crippen LogP contribution < -0.4 is 51.4 Å². The summed E-state index contributed by atoms with van der Waals surface area (Å²) in [6, 6.07) is 0. The Bertz CT molecular complexity index is 261. The van der Waals surface area contributed by atoms with Gasteiger partial charge < -0.3 is 4.55 Å². The van der Waals surface area contributed by atoms with E-state index in [4.69, 9.17) is 0 Å². The second kappa shape index (κ2) is 8.37. The van der Waals surface area contributed by atoms with Crippen molar-refractivity contribution in [2.75, 3.05) is 12.4 Å². The molecule has 0 N–H and O–H groups in total. The van der Waals surface area contributed by atoms with E-state index in [-0.39, 0.29) is 51.4 Å². The fourth-order valence-corrected chi connectivity index (χ4v) is 1.35. The molecule has 0 aromatic carbocycles. The van der Waals surface area contributed by atoms with Crippen LogP contribution in [0.15, 0.2) is 0 Å². The average molecular weight is 276 g/mol. The van der Waals surface area contributed by atoms with E-state index in [1.807, 2.05) is 0 Å². The Morgan fingerprint density at radius 3 is 1.93 bits per heavy atom. The van der Waals surface area contributed by atoms with E-state index in [2.05, 4.69) is 0 Å². The molecule has 0 radical (unpaired) electrons. The molecule has 0 aliphatic heterocycles. The van der Waals surface area contributed by atoms with Gasteiger partial charge in [-0.2, -0.15) is 0 Å². The third kappa shape index (κ3) is 9.01. The van der Waals surface area contributed by atoms with Gasteiger partial charge >= 0.3 is 51.4 Å². The van der Waals surface area contributed by atoms with Crippen LogP contribution in [0.3, 0.4) is 0 Å². The first-order chi connectivity index (χ1) is 6.28. The molecule has 3 atom stereocenters. The summed E-state index contributed by atoms with van der Waals surface area (Å²) in [4.78, 5) is 0. The monoisotopic (exact) mass is 276 g/mol. The van der Waals surface area contributed by atoms with Gasteiger partial charge in [-0.15, -0.1) is 0 Å². The Balaban J connectivity index is 0. The number of alkyl halides is 4. The van der Waals surface area contributed by atoms with E-state index in [1.54, 1.807) is 0 Å². The van der Waals surface area contributed by atoms with E-state index in [1.165, 1.54) is 0 Å². The Morgan fingerprint density at radius 2 is 1.60 bits per heavy atom. The third-order valence-electron chi connectivity index (χ3n) is 1.44. The smallest absolute Gasteiger partial charge is 0.748 e. The van der Waals surface area contributed by atoms with Gasteiger partial charge in [0.1, 0.15) is 12.3 Å². The summed E-state index contributed by atoms with van der Waals surface area (Å²) in [7, 11) is -4.94. The summed E-state index contributed by atoms with van der Waals surface area (Å²) < 4.78 is 79.0. The maximum Gasteiger partial charge on any atom is 1.00 e. The van der Waals surface area contributed by atoms with Crippen molar-refractivity contribution in [2.45, 2.75) is 24.9 Å². The van der Waals surface area contributed by atoms with Crippen LogP contribution in [0.1, 0.15) is 6.42 Å². The van der Waals surface area contributed by atoms with Gasteiger partial charge in [0, 0.05) is 6.42 Å². The molecule has 3 unspecified atom stereocenters. The van der Waals surface area contributed by atoms with Gasteiger partial charge in [0.2, 0.25) is 0 Å². The van der Waals surface area contributed by atoms with Crippen molar-refractivity contribution in [3.8, 4) is 0 Å². The zero-order chi connectivity index (χ0) is 11.4. The van der Waals surface area contributed by atoms with Crippen molar-refractivity contribution in [3.05, 3.63) is 0 Å². The van der Waals surface area contributed by atoms with Crippen molar-refractivity contribution < 1.29 is 81.9 Å². The van der Waals surface area contributed by atoms with Gasteiger partial charge in [0.25, 0.3) is 0 Å². The van der Waals surface area contributed by atoms with Gasteiger partial charge in [-0.1, -0.05) is 0 Å². The van der Waals surface area contributed by atoms with Crippen molar-refractivity contribution in [3.63, 3.8) is 0 Å². The van der Waals surface area contributed by atoms with Crippen LogP contribution in [-0.4, -0.2) is 43.9 Å². The maximum absolute atomic E-state index is 12.6. The fraction of sp³-hybridized carbons (Fsp3) is 1.00. The van der Waals surface area contributed by atoms with Crippen LogP contribution in [0.2, 0.25) is 0 Å². The van der Waals surface area contributed by atoms with Crippen molar-refractivity contribution in [2.24, 2.45) is 0 Å². The first kappa shape index (κ1) is 18.6. The van der Waals surface area contributed by atoms with Crippen LogP contribution in [0.5, 0.6) is 0 Å². The molecule has 0 spiro atoms. The second-order valence-electron chi connectivity index (χ2n) is 2.68. The van der Waals surface area contributed by atoms with Gasteiger partial charge in [-0.25, -0.2) is 21.6 Å². The molecule has 0 aliphatic rings. The summed E-state index contributed by atoms with van der Waals surface area (Å²) >= 11 is 0. The summed E-state index contributed by atoms with van der Waals surface area (Å²) in [5, 5.41) is 0. The molecule has 9 heteroatoms. The fourth-order valence-electron chi connectivity index (χ4n) is 0.777. The first-order valence-electron chi connectivity index (χ1n) is 3.69. The number of halogens is 4. The van der Waals surface area contributed by atoms with E-state index in [0.717, 1.165) is 0 Å². The molecule has 0 bridgehead atoms. The number of hydrogen-bond acceptors (Lipinski definition) is 3. The van der Waals surface area contributed by atoms with Crippen molar-refractivity contribution >= 4 is 10.1 Å². The molecule has 0 aromatic rings. The topological polar surface area (TPSA) is 57.2 Å². The number of hydrogen-bond donors (Lipinski definition) is 0. The van der Waals surface area contributed by atoms with Crippen LogP contribution in [0.25, 0.3) is 0 Å². The van der Waals surface area contributed by atoms with Crippen molar-refractivity contribution in [1.82, 2.24) is 0 Å². The minimum Gasteiger partial charge on any atom is -0.748 e. The largest absolute Gasteiger partial charge is 1.00 e. The Labute approximate surface area is 128 Å². The van der Waals surface area contributed by atoms with Crippen LogP contribution in [0, 0.1) is 0 Å². The van der Waals surface area contributed by atoms with E-state index in [0.29, 0.717) is 0 Å². The third-order valence-corrected chi connectivity index (χ3v) is 2.17. The van der Waals surface area contributed by atoms with Crippen LogP contribution in [-0.2, 0) is 10.1 Å². The zero-order valence-electron chi connectivity index (χ0n) is 8.00. The minimum atomic E-state index is -4.94. The quantitative estimate of drug-likeness (QED) is 0.317. The summed E-state index contributed by atoms with van der Waals surface area (Å²) in [5.74, 6) is -1.64. The van der Waals surface area contributed by atoms with Crippen LogP contribution in [0.4, 0.5) is 17.6 Å². The molecule has 3 nitrogen and oxygen atoms in total. The molecule has 0 amide bonds. The maximum atomic E-state index is 12.6. The Kier molecular flexibility index (Phi) is 10.4. The SMILES string of the molecule is O=S(=O)([O-])CC(F)C(F)C(F)CCF.[K+].